The van der Waals surface area contributed by atoms with Crippen LogP contribution in [0.4, 0.5) is 43.9 Å². The van der Waals surface area contributed by atoms with E-state index in [4.69, 9.17) is 4.55 Å². The normalized spacial score (nSPS) is 15.5. The molecule has 186 valence electrons. The predicted molar refractivity (Wildman–Crippen MR) is 78.4 cm³/mol. The molecule has 0 aliphatic rings. The second-order valence-electron chi connectivity index (χ2n) is 5.35. The molecular weight excluding hydrogens is 506 g/mol. The lowest BCUT2D eigenvalue weighted by Gasteiger charge is -2.32. The average Bonchev–Trinajstić information content (AvgIpc) is 2.56. The van der Waals surface area contributed by atoms with E-state index >= 15 is 0 Å². The number of halogens is 10. The van der Waals surface area contributed by atoms with Crippen LogP contribution in [0.15, 0.2) is 25.0 Å². The molecule has 1 unspecified atom stereocenters. The lowest BCUT2D eigenvalue weighted by atomic mass is 10.2. The minimum Gasteiger partial charge on any atom is -0.430 e. The Bertz CT molecular complexity index is 861. The average molecular weight is 516 g/mol. The molecule has 0 saturated heterocycles. The summed E-state index contributed by atoms with van der Waals surface area (Å²) in [4.78, 5) is 23.0. The molecule has 19 heteroatoms. The third kappa shape index (κ3) is 6.09. The first kappa shape index (κ1) is 29.6. The molecule has 0 radical (unpaired) electrons. The summed E-state index contributed by atoms with van der Waals surface area (Å²) in [5.74, 6) is -17.0. The van der Waals surface area contributed by atoms with Gasteiger partial charge in [-0.25, -0.2) is 9.59 Å². The second kappa shape index (κ2) is 9.22. The number of alkyl halides is 10. The predicted octanol–water partition coefficient (Wildman–Crippen LogP) is 3.12. The molecule has 0 bridgehead atoms. The van der Waals surface area contributed by atoms with Crippen LogP contribution in [-0.2, 0) is 33.9 Å². The highest BCUT2D eigenvalue weighted by molar-refractivity contribution is 7.87. The van der Waals surface area contributed by atoms with Gasteiger partial charge >= 0.3 is 51.4 Å². The van der Waals surface area contributed by atoms with Crippen LogP contribution in [0.1, 0.15) is 6.42 Å². The first-order valence-electron chi connectivity index (χ1n) is 7.22. The van der Waals surface area contributed by atoms with Gasteiger partial charge in [-0.05, 0) is 0 Å². The highest BCUT2D eigenvalue weighted by atomic mass is 32.2. The number of carbonyl (C=O) groups is 2. The van der Waals surface area contributed by atoms with E-state index in [2.05, 4.69) is 27.4 Å². The Morgan fingerprint density at radius 3 is 1.78 bits per heavy atom. The van der Waals surface area contributed by atoms with E-state index in [9.17, 15) is 61.9 Å². The van der Waals surface area contributed by atoms with Crippen molar-refractivity contribution in [3.63, 3.8) is 0 Å². The number of hydrogen-bond donors (Lipinski definition) is 1. The Balaban J connectivity index is 6.17. The quantitative estimate of drug-likeness (QED) is 0.118. The van der Waals surface area contributed by atoms with Gasteiger partial charge in [-0.3, -0.25) is 4.55 Å². The zero-order chi connectivity index (χ0) is 26.0. The van der Waals surface area contributed by atoms with Crippen molar-refractivity contribution >= 4 is 22.1 Å². The molecule has 0 amide bonds. The summed E-state index contributed by atoms with van der Waals surface area (Å²) in [6.45, 7) is 2.27. The van der Waals surface area contributed by atoms with Crippen LogP contribution in [0.2, 0.25) is 0 Å². The minimum atomic E-state index is -6.81. The Hall–Kier alpha value is -2.41. The summed E-state index contributed by atoms with van der Waals surface area (Å²) in [7, 11) is -6.81. The molecule has 0 fully saturated rings. The molecule has 0 aliphatic carbocycles. The van der Waals surface area contributed by atoms with Gasteiger partial charge in [0.05, 0.1) is 12.9 Å². The van der Waals surface area contributed by atoms with Gasteiger partial charge in [0.1, 0.15) is 5.57 Å². The van der Waals surface area contributed by atoms with E-state index in [0.29, 0.717) is 0 Å². The topological polar surface area (TPSA) is 116 Å². The van der Waals surface area contributed by atoms with Crippen molar-refractivity contribution in [3.05, 3.63) is 25.0 Å². The third-order valence-electron chi connectivity index (χ3n) is 3.13. The highest BCUT2D eigenvalue weighted by Gasteiger charge is 2.70. The molecule has 1 atom stereocenters. The molecule has 0 aromatic heterocycles. The monoisotopic (exact) mass is 516 g/mol. The number of esters is 2. The highest BCUT2D eigenvalue weighted by Crippen LogP contribution is 2.42. The van der Waals surface area contributed by atoms with Gasteiger partial charge in [-0.15, -0.1) is 0 Å². The minimum absolute atomic E-state index is 0.0836. The largest absolute Gasteiger partial charge is 0.468 e. The Morgan fingerprint density at radius 1 is 0.969 bits per heavy atom. The van der Waals surface area contributed by atoms with Crippen LogP contribution in [0, 0.1) is 0 Å². The third-order valence-corrected chi connectivity index (χ3v) is 4.08. The molecule has 0 spiro atoms. The summed E-state index contributed by atoms with van der Waals surface area (Å²) in [6, 6.07) is 0. The molecule has 0 aromatic carbocycles. The number of carbonyl (C=O) groups excluding carboxylic acids is 2. The molecular formula is C13H10F10O8S. The molecule has 0 heterocycles. The number of hydrogen-bond acceptors (Lipinski definition) is 7. The molecule has 0 aliphatic heterocycles. The lowest BCUT2D eigenvalue weighted by molar-refractivity contribution is -0.356. The summed E-state index contributed by atoms with van der Waals surface area (Å²) in [6.07, 6.45) is -14.9. The van der Waals surface area contributed by atoms with Gasteiger partial charge in [0.2, 0.25) is 0 Å². The van der Waals surface area contributed by atoms with Crippen LogP contribution in [0.25, 0.3) is 0 Å². The maximum absolute atomic E-state index is 13.4. The Morgan fingerprint density at radius 2 is 1.44 bits per heavy atom. The SMILES string of the molecule is C=COC(=O)C(OCCC(F)(F)C(F)(F)S(=O)(=O)O)(OC(=O)C(=C)C(F)(F)F)C(F)(F)F. The van der Waals surface area contributed by atoms with Gasteiger partial charge in [-0.1, -0.05) is 13.2 Å². The molecule has 8 nitrogen and oxygen atoms in total. The molecule has 32 heavy (non-hydrogen) atoms. The van der Waals surface area contributed by atoms with Crippen LogP contribution >= 0.6 is 0 Å². The lowest BCUT2D eigenvalue weighted by Crippen LogP contribution is -2.59. The summed E-state index contributed by atoms with van der Waals surface area (Å²) in [5.41, 5.74) is -2.63. The van der Waals surface area contributed by atoms with Gasteiger partial charge < -0.3 is 14.2 Å². The van der Waals surface area contributed by atoms with Gasteiger partial charge in [-0.2, -0.15) is 52.3 Å². The van der Waals surface area contributed by atoms with Crippen LogP contribution in [0.3, 0.4) is 0 Å². The molecule has 0 saturated carbocycles. The number of ether oxygens (including phenoxy) is 3. The van der Waals surface area contributed by atoms with Crippen molar-refractivity contribution in [2.45, 2.75) is 35.7 Å². The van der Waals surface area contributed by atoms with Crippen LogP contribution < -0.4 is 0 Å². The number of rotatable bonds is 10. The van der Waals surface area contributed by atoms with E-state index in [1.54, 1.807) is 0 Å². The van der Waals surface area contributed by atoms with Crippen molar-refractivity contribution in [1.82, 2.24) is 0 Å². The van der Waals surface area contributed by atoms with Crippen molar-refractivity contribution in [3.8, 4) is 0 Å². The van der Waals surface area contributed by atoms with Crippen LogP contribution in [-0.4, -0.2) is 60.8 Å². The smallest absolute Gasteiger partial charge is 0.430 e. The van der Waals surface area contributed by atoms with Crippen LogP contribution in [0.5, 0.6) is 0 Å². The Kier molecular flexibility index (Phi) is 8.52. The summed E-state index contributed by atoms with van der Waals surface area (Å²) >= 11 is 0. The summed E-state index contributed by atoms with van der Waals surface area (Å²) < 4.78 is 170. The first-order valence-corrected chi connectivity index (χ1v) is 8.66. The van der Waals surface area contributed by atoms with Gasteiger partial charge in [0.15, 0.2) is 0 Å². The maximum atomic E-state index is 13.4. The van der Waals surface area contributed by atoms with Crippen molar-refractivity contribution in [1.29, 1.82) is 0 Å². The van der Waals surface area contributed by atoms with E-state index in [0.717, 1.165) is 0 Å². The fourth-order valence-electron chi connectivity index (χ4n) is 1.50. The van der Waals surface area contributed by atoms with E-state index in [1.807, 2.05) is 0 Å². The van der Waals surface area contributed by atoms with Crippen molar-refractivity contribution in [2.24, 2.45) is 0 Å². The standard InChI is InChI=1S/C13H10F10O8S/c1-3-29-8(25)10(12(19,20)21,31-7(24)6(2)11(16,17)18)30-5-4-9(14,15)13(22,23)32(26,27)28/h3H,1-2,4-5H2,(H,26,27,28). The maximum Gasteiger partial charge on any atom is 0.468 e. The first-order chi connectivity index (χ1) is 14.0. The zero-order valence-electron chi connectivity index (χ0n) is 14.9. The molecule has 0 aromatic rings. The fraction of sp³-hybridized carbons (Fsp3) is 0.538. The fourth-order valence-corrected chi connectivity index (χ4v) is 1.98. The van der Waals surface area contributed by atoms with E-state index in [-0.39, 0.29) is 6.26 Å². The van der Waals surface area contributed by atoms with Crippen molar-refractivity contribution in [2.75, 3.05) is 6.61 Å². The molecule has 0 rings (SSSR count). The van der Waals surface area contributed by atoms with E-state index < -0.39 is 70.0 Å². The van der Waals surface area contributed by atoms with Gasteiger partial charge in [0, 0.05) is 6.42 Å². The summed E-state index contributed by atoms with van der Waals surface area (Å²) in [5, 5.41) is -6.27. The Labute approximate surface area is 171 Å². The molecule has 1 N–H and O–H groups in total. The zero-order valence-corrected chi connectivity index (χ0v) is 15.7. The van der Waals surface area contributed by atoms with Crippen molar-refractivity contribution < 1.29 is 80.7 Å². The van der Waals surface area contributed by atoms with Gasteiger partial charge in [0.25, 0.3) is 0 Å². The second-order valence-corrected chi connectivity index (χ2v) is 6.81. The van der Waals surface area contributed by atoms with E-state index in [1.165, 1.54) is 0 Å².